The molecule has 0 saturated heterocycles. The fourth-order valence-electron chi connectivity index (χ4n) is 1.91. The predicted octanol–water partition coefficient (Wildman–Crippen LogP) is 2.49. The molecule has 0 aliphatic heterocycles. The third-order valence-electron chi connectivity index (χ3n) is 3.08. The Morgan fingerprint density at radius 3 is 3.05 bits per heavy atom. The zero-order chi connectivity index (χ0) is 13.5. The summed E-state index contributed by atoms with van der Waals surface area (Å²) in [6.45, 7) is 7.77. The zero-order valence-corrected chi connectivity index (χ0v) is 11.8. The van der Waals surface area contributed by atoms with E-state index in [4.69, 9.17) is 4.74 Å². The van der Waals surface area contributed by atoms with Gasteiger partial charge in [0.25, 0.3) is 0 Å². The number of hydrogen-bond acceptors (Lipinski definition) is 3. The molecule has 0 spiro atoms. The van der Waals surface area contributed by atoms with Crippen LogP contribution in [0.2, 0.25) is 0 Å². The van der Waals surface area contributed by atoms with Crippen LogP contribution in [-0.4, -0.2) is 29.4 Å². The van der Waals surface area contributed by atoms with Crippen molar-refractivity contribution < 1.29 is 4.74 Å². The van der Waals surface area contributed by atoms with Crippen LogP contribution in [0.4, 0.5) is 0 Å². The number of nitrogens with one attached hydrogen (secondary N) is 1. The van der Waals surface area contributed by atoms with Crippen LogP contribution in [0.5, 0.6) is 0 Å². The minimum absolute atomic E-state index is 0.715. The molecule has 2 heterocycles. The molecule has 2 aromatic heterocycles. The maximum absolute atomic E-state index is 5.57. The van der Waals surface area contributed by atoms with Crippen LogP contribution >= 0.6 is 0 Å². The summed E-state index contributed by atoms with van der Waals surface area (Å²) in [6.07, 6.45) is 5.02. The van der Waals surface area contributed by atoms with Gasteiger partial charge in [0.15, 0.2) is 0 Å². The summed E-state index contributed by atoms with van der Waals surface area (Å²) < 4.78 is 7.47. The van der Waals surface area contributed by atoms with E-state index in [9.17, 15) is 0 Å². The molecule has 4 heteroatoms. The normalized spacial score (nSPS) is 11.5. The van der Waals surface area contributed by atoms with Crippen molar-refractivity contribution in [2.75, 3.05) is 19.8 Å². The number of rotatable bonds is 8. The lowest BCUT2D eigenvalue weighted by atomic mass is 10.1. The van der Waals surface area contributed by atoms with Crippen molar-refractivity contribution in [2.45, 2.75) is 26.8 Å². The number of ether oxygens (including phenoxy) is 1. The minimum Gasteiger partial charge on any atom is -0.380 e. The van der Waals surface area contributed by atoms with E-state index >= 15 is 0 Å². The average Bonchev–Trinajstić information content (AvgIpc) is 2.81. The Bertz CT molecular complexity index is 493. The van der Waals surface area contributed by atoms with Gasteiger partial charge in [-0.05, 0) is 24.5 Å². The van der Waals surface area contributed by atoms with Gasteiger partial charge in [0.2, 0.25) is 0 Å². The standard InChI is InChI=1S/C15H23N3O/c1-13(2)6-9-19-10-7-16-11-14-12-17-18-8-4-3-5-15(14)18/h3-5,8,12-13,16H,6-7,9-11H2,1-2H3. The van der Waals surface area contributed by atoms with Crippen LogP contribution in [0.1, 0.15) is 25.8 Å². The molecule has 0 aliphatic rings. The molecular weight excluding hydrogens is 238 g/mol. The van der Waals surface area contributed by atoms with Gasteiger partial charge in [-0.1, -0.05) is 19.9 Å². The Balaban J connectivity index is 1.66. The Labute approximate surface area is 114 Å². The molecule has 0 bridgehead atoms. The Hall–Kier alpha value is -1.39. The molecule has 19 heavy (non-hydrogen) atoms. The SMILES string of the molecule is CC(C)CCOCCNCc1cnn2ccccc12. The van der Waals surface area contributed by atoms with E-state index in [1.54, 1.807) is 0 Å². The van der Waals surface area contributed by atoms with Gasteiger partial charge in [0.1, 0.15) is 0 Å². The summed E-state index contributed by atoms with van der Waals surface area (Å²) in [7, 11) is 0. The van der Waals surface area contributed by atoms with Crippen LogP contribution in [0.3, 0.4) is 0 Å². The molecule has 0 amide bonds. The molecule has 0 atom stereocenters. The van der Waals surface area contributed by atoms with E-state index in [1.165, 1.54) is 5.56 Å². The number of aromatic nitrogens is 2. The maximum Gasteiger partial charge on any atom is 0.0706 e. The zero-order valence-electron chi connectivity index (χ0n) is 11.8. The lowest BCUT2D eigenvalue weighted by molar-refractivity contribution is 0.125. The van der Waals surface area contributed by atoms with E-state index in [-0.39, 0.29) is 0 Å². The molecular formula is C15H23N3O. The van der Waals surface area contributed by atoms with Crippen molar-refractivity contribution in [3.05, 3.63) is 36.2 Å². The number of nitrogens with zero attached hydrogens (tertiary/aromatic N) is 2. The van der Waals surface area contributed by atoms with E-state index in [2.05, 4.69) is 30.3 Å². The van der Waals surface area contributed by atoms with E-state index in [0.717, 1.165) is 38.2 Å². The highest BCUT2D eigenvalue weighted by Crippen LogP contribution is 2.08. The highest BCUT2D eigenvalue weighted by molar-refractivity contribution is 5.53. The lowest BCUT2D eigenvalue weighted by Gasteiger charge is -2.07. The van der Waals surface area contributed by atoms with E-state index in [1.807, 2.05) is 29.0 Å². The van der Waals surface area contributed by atoms with Crippen molar-refractivity contribution in [3.8, 4) is 0 Å². The number of fused-ring (bicyclic) bond motifs is 1. The van der Waals surface area contributed by atoms with E-state index in [0.29, 0.717) is 5.92 Å². The van der Waals surface area contributed by atoms with Crippen molar-refractivity contribution in [3.63, 3.8) is 0 Å². The molecule has 0 aromatic carbocycles. The molecule has 0 saturated carbocycles. The first-order chi connectivity index (χ1) is 9.27. The van der Waals surface area contributed by atoms with Crippen LogP contribution in [0.15, 0.2) is 30.6 Å². The molecule has 2 rings (SSSR count). The highest BCUT2D eigenvalue weighted by atomic mass is 16.5. The van der Waals surface area contributed by atoms with Gasteiger partial charge in [0.05, 0.1) is 18.3 Å². The van der Waals surface area contributed by atoms with Crippen molar-refractivity contribution >= 4 is 5.52 Å². The van der Waals surface area contributed by atoms with Gasteiger partial charge in [-0.15, -0.1) is 0 Å². The Kier molecular flexibility index (Phi) is 5.36. The van der Waals surface area contributed by atoms with Gasteiger partial charge in [-0.2, -0.15) is 5.10 Å². The summed E-state index contributed by atoms with van der Waals surface area (Å²) in [5, 5.41) is 7.70. The van der Waals surface area contributed by atoms with Gasteiger partial charge < -0.3 is 10.1 Å². The molecule has 0 fully saturated rings. The molecule has 0 unspecified atom stereocenters. The van der Waals surface area contributed by atoms with Crippen molar-refractivity contribution in [1.29, 1.82) is 0 Å². The minimum atomic E-state index is 0.715. The van der Waals surface area contributed by atoms with Gasteiger partial charge in [0, 0.05) is 31.5 Å². The van der Waals surface area contributed by atoms with Crippen LogP contribution in [-0.2, 0) is 11.3 Å². The molecule has 0 aliphatic carbocycles. The first kappa shape index (κ1) is 14.0. The summed E-state index contributed by atoms with van der Waals surface area (Å²) in [5.74, 6) is 0.715. The Morgan fingerprint density at radius 1 is 1.32 bits per heavy atom. The second-order valence-electron chi connectivity index (χ2n) is 5.17. The largest absolute Gasteiger partial charge is 0.380 e. The molecule has 0 radical (unpaired) electrons. The number of hydrogen-bond donors (Lipinski definition) is 1. The summed E-state index contributed by atoms with van der Waals surface area (Å²) in [5.41, 5.74) is 2.39. The first-order valence-corrected chi connectivity index (χ1v) is 6.97. The second kappa shape index (κ2) is 7.26. The molecule has 1 N–H and O–H groups in total. The second-order valence-corrected chi connectivity index (χ2v) is 5.17. The van der Waals surface area contributed by atoms with Gasteiger partial charge in [-0.25, -0.2) is 4.52 Å². The van der Waals surface area contributed by atoms with Crippen LogP contribution in [0.25, 0.3) is 5.52 Å². The molecule has 4 nitrogen and oxygen atoms in total. The lowest BCUT2D eigenvalue weighted by Crippen LogP contribution is -2.19. The quantitative estimate of drug-likeness (QED) is 0.742. The summed E-state index contributed by atoms with van der Waals surface area (Å²) in [4.78, 5) is 0. The van der Waals surface area contributed by atoms with Crippen LogP contribution in [0, 0.1) is 5.92 Å². The molecule has 2 aromatic rings. The summed E-state index contributed by atoms with van der Waals surface area (Å²) in [6, 6.07) is 6.11. The van der Waals surface area contributed by atoms with Crippen LogP contribution < -0.4 is 5.32 Å². The van der Waals surface area contributed by atoms with Crippen molar-refractivity contribution in [1.82, 2.24) is 14.9 Å². The highest BCUT2D eigenvalue weighted by Gasteiger charge is 2.02. The smallest absolute Gasteiger partial charge is 0.0706 e. The number of pyridine rings is 1. The fourth-order valence-corrected chi connectivity index (χ4v) is 1.91. The fraction of sp³-hybridized carbons (Fsp3) is 0.533. The predicted molar refractivity (Wildman–Crippen MR) is 77.2 cm³/mol. The first-order valence-electron chi connectivity index (χ1n) is 6.97. The van der Waals surface area contributed by atoms with E-state index < -0.39 is 0 Å². The van der Waals surface area contributed by atoms with Crippen molar-refractivity contribution in [2.24, 2.45) is 5.92 Å². The maximum atomic E-state index is 5.57. The monoisotopic (exact) mass is 261 g/mol. The topological polar surface area (TPSA) is 38.6 Å². The van der Waals surface area contributed by atoms with Gasteiger partial charge in [-0.3, -0.25) is 0 Å². The third kappa shape index (κ3) is 4.33. The average molecular weight is 261 g/mol. The molecule has 104 valence electrons. The Morgan fingerprint density at radius 2 is 2.21 bits per heavy atom. The third-order valence-corrected chi connectivity index (χ3v) is 3.08. The van der Waals surface area contributed by atoms with Gasteiger partial charge >= 0.3 is 0 Å². The summed E-state index contributed by atoms with van der Waals surface area (Å²) >= 11 is 0.